The number of hydrogen-bond acceptors (Lipinski definition) is 4. The van der Waals surface area contributed by atoms with Gasteiger partial charge in [-0.2, -0.15) is 0 Å². The van der Waals surface area contributed by atoms with Crippen molar-refractivity contribution in [3.05, 3.63) is 23.2 Å². The molecule has 0 bridgehead atoms. The quantitative estimate of drug-likeness (QED) is 0.829. The first kappa shape index (κ1) is 12.6. The van der Waals surface area contributed by atoms with Gasteiger partial charge >= 0.3 is 0 Å². The maximum Gasteiger partial charge on any atom is 0.133 e. The van der Waals surface area contributed by atoms with Gasteiger partial charge in [0.2, 0.25) is 0 Å². The number of benzene rings is 1. The molecule has 1 saturated heterocycles. The van der Waals surface area contributed by atoms with E-state index in [4.69, 9.17) is 11.6 Å². The lowest BCUT2D eigenvalue weighted by Gasteiger charge is -2.39. The summed E-state index contributed by atoms with van der Waals surface area (Å²) >= 11 is 7.90. The zero-order valence-electron chi connectivity index (χ0n) is 10.6. The van der Waals surface area contributed by atoms with Crippen molar-refractivity contribution in [2.75, 3.05) is 18.4 Å². The van der Waals surface area contributed by atoms with Crippen LogP contribution >= 0.6 is 23.4 Å². The van der Waals surface area contributed by atoms with Crippen molar-refractivity contribution in [2.24, 2.45) is 0 Å². The minimum absolute atomic E-state index is 0.338. The van der Waals surface area contributed by atoms with E-state index in [2.05, 4.69) is 35.4 Å². The van der Waals surface area contributed by atoms with Gasteiger partial charge in [0.25, 0.3) is 0 Å². The number of anilines is 1. The topological polar surface area (TPSA) is 27.3 Å². The lowest BCUT2D eigenvalue weighted by Crippen LogP contribution is -2.57. The predicted molar refractivity (Wildman–Crippen MR) is 78.4 cm³/mol. The van der Waals surface area contributed by atoms with Gasteiger partial charge in [-0.15, -0.1) is 0 Å². The zero-order chi connectivity index (χ0) is 12.7. The first-order valence-corrected chi connectivity index (χ1v) is 7.60. The van der Waals surface area contributed by atoms with Crippen molar-refractivity contribution in [2.45, 2.75) is 36.3 Å². The van der Waals surface area contributed by atoms with Gasteiger partial charge in [0.1, 0.15) is 5.50 Å². The van der Waals surface area contributed by atoms with Crippen LogP contribution in [0.5, 0.6) is 0 Å². The van der Waals surface area contributed by atoms with Gasteiger partial charge in [0.05, 0.1) is 0 Å². The summed E-state index contributed by atoms with van der Waals surface area (Å²) in [6.45, 7) is 6.64. The molecule has 0 amide bonds. The molecule has 3 rings (SSSR count). The third-order valence-corrected chi connectivity index (χ3v) is 4.84. The summed E-state index contributed by atoms with van der Waals surface area (Å²) in [5.41, 5.74) is 1.54. The Morgan fingerprint density at radius 1 is 1.28 bits per heavy atom. The third kappa shape index (κ3) is 2.48. The molecule has 0 radical (unpaired) electrons. The second-order valence-corrected chi connectivity index (χ2v) is 6.74. The van der Waals surface area contributed by atoms with Crippen molar-refractivity contribution in [3.8, 4) is 0 Å². The van der Waals surface area contributed by atoms with E-state index in [0.29, 0.717) is 17.6 Å². The number of hydrogen-bond donors (Lipinski definition) is 2. The number of nitrogens with one attached hydrogen (secondary N) is 2. The fourth-order valence-corrected chi connectivity index (χ4v) is 4.16. The van der Waals surface area contributed by atoms with Gasteiger partial charge in [0, 0.05) is 40.8 Å². The lowest BCUT2D eigenvalue weighted by molar-refractivity contribution is 0.172. The van der Waals surface area contributed by atoms with Crippen LogP contribution in [-0.2, 0) is 0 Å². The van der Waals surface area contributed by atoms with Crippen molar-refractivity contribution in [1.82, 2.24) is 10.2 Å². The molecule has 0 spiro atoms. The first-order chi connectivity index (χ1) is 8.61. The maximum absolute atomic E-state index is 6.04. The molecule has 2 aliphatic rings. The molecule has 3 nitrogen and oxygen atoms in total. The van der Waals surface area contributed by atoms with Crippen molar-refractivity contribution in [3.63, 3.8) is 0 Å². The van der Waals surface area contributed by atoms with Crippen LogP contribution in [0.1, 0.15) is 13.8 Å². The largest absolute Gasteiger partial charge is 0.360 e. The average molecular weight is 284 g/mol. The Labute approximate surface area is 117 Å². The maximum atomic E-state index is 6.04. The Morgan fingerprint density at radius 3 is 2.72 bits per heavy atom. The minimum Gasteiger partial charge on any atom is -0.360 e. The van der Waals surface area contributed by atoms with Gasteiger partial charge in [-0.25, -0.2) is 0 Å². The molecule has 2 N–H and O–H groups in total. The van der Waals surface area contributed by atoms with Gasteiger partial charge in [-0.3, -0.25) is 4.90 Å². The number of rotatable bonds is 1. The number of nitrogens with zero attached hydrogens (tertiary/aromatic N) is 1. The third-order valence-electron chi connectivity index (χ3n) is 3.38. The van der Waals surface area contributed by atoms with Gasteiger partial charge in [-0.05, 0) is 32.0 Å². The molecule has 0 aliphatic carbocycles. The van der Waals surface area contributed by atoms with Gasteiger partial charge in [0.15, 0.2) is 0 Å². The number of fused-ring (bicyclic) bond motifs is 1. The summed E-state index contributed by atoms with van der Waals surface area (Å²) < 4.78 is 0. The molecular formula is C13H18ClN3S. The summed E-state index contributed by atoms with van der Waals surface area (Å²) in [6, 6.07) is 7.15. The second-order valence-electron chi connectivity index (χ2n) is 5.18. The Morgan fingerprint density at radius 2 is 2.00 bits per heavy atom. The van der Waals surface area contributed by atoms with Gasteiger partial charge < -0.3 is 10.6 Å². The fraction of sp³-hybridized carbons (Fsp3) is 0.538. The van der Waals surface area contributed by atoms with E-state index >= 15 is 0 Å². The van der Waals surface area contributed by atoms with Crippen LogP contribution in [0.4, 0.5) is 5.69 Å². The fourth-order valence-electron chi connectivity index (χ4n) is 2.72. The van der Waals surface area contributed by atoms with E-state index in [-0.39, 0.29) is 0 Å². The molecule has 2 heterocycles. The highest BCUT2D eigenvalue weighted by Gasteiger charge is 2.31. The zero-order valence-corrected chi connectivity index (χ0v) is 12.2. The molecule has 1 fully saturated rings. The highest BCUT2D eigenvalue weighted by atomic mass is 35.5. The second kappa shape index (κ2) is 4.93. The molecule has 0 aromatic heterocycles. The normalized spacial score (nSPS) is 32.1. The van der Waals surface area contributed by atoms with Gasteiger partial charge in [-0.1, -0.05) is 23.4 Å². The van der Waals surface area contributed by atoms with Crippen LogP contribution < -0.4 is 10.6 Å². The Balaban J connectivity index is 1.73. The van der Waals surface area contributed by atoms with E-state index in [9.17, 15) is 0 Å². The summed E-state index contributed by atoms with van der Waals surface area (Å²) in [4.78, 5) is 3.76. The van der Waals surface area contributed by atoms with Crippen LogP contribution in [0, 0.1) is 0 Å². The number of piperazine rings is 1. The summed E-state index contributed by atoms with van der Waals surface area (Å²) in [7, 11) is 0. The van der Waals surface area contributed by atoms with Crippen molar-refractivity contribution in [1.29, 1.82) is 0 Å². The highest BCUT2D eigenvalue weighted by molar-refractivity contribution is 8.00. The van der Waals surface area contributed by atoms with E-state index in [0.717, 1.165) is 18.1 Å². The van der Waals surface area contributed by atoms with Crippen LogP contribution in [0.15, 0.2) is 23.1 Å². The Bertz CT molecular complexity index is 444. The average Bonchev–Trinajstić information content (AvgIpc) is 2.70. The van der Waals surface area contributed by atoms with Crippen molar-refractivity contribution < 1.29 is 0 Å². The SMILES string of the molecule is CC1CN(C2Nc3ccc(Cl)cc3S2)CC(C)N1. The monoisotopic (exact) mass is 283 g/mol. The van der Waals surface area contributed by atoms with E-state index in [1.807, 2.05) is 23.9 Å². The molecule has 2 aliphatic heterocycles. The molecule has 0 saturated carbocycles. The molecule has 18 heavy (non-hydrogen) atoms. The smallest absolute Gasteiger partial charge is 0.133 e. The number of halogens is 1. The van der Waals surface area contributed by atoms with Crippen LogP contribution in [-0.4, -0.2) is 35.6 Å². The molecule has 3 atom stereocenters. The molecule has 5 heteroatoms. The highest BCUT2D eigenvalue weighted by Crippen LogP contribution is 2.41. The molecule has 3 unspecified atom stereocenters. The van der Waals surface area contributed by atoms with E-state index in [1.165, 1.54) is 10.6 Å². The molecule has 1 aromatic rings. The van der Waals surface area contributed by atoms with Crippen LogP contribution in [0.2, 0.25) is 5.02 Å². The standard InChI is InChI=1S/C13H18ClN3S/c1-8-6-17(7-9(2)15-8)13-16-11-4-3-10(14)5-12(11)18-13/h3-5,8-9,13,15-16H,6-7H2,1-2H3. The summed E-state index contributed by atoms with van der Waals surface area (Å²) in [5, 5.41) is 7.95. The molecule has 1 aromatic carbocycles. The Hall–Kier alpha value is -0.420. The van der Waals surface area contributed by atoms with Crippen LogP contribution in [0.3, 0.4) is 0 Å². The minimum atomic E-state index is 0.338. The number of thioether (sulfide) groups is 1. The lowest BCUT2D eigenvalue weighted by atomic mass is 10.1. The van der Waals surface area contributed by atoms with E-state index in [1.54, 1.807) is 0 Å². The Kier molecular flexibility index (Phi) is 3.45. The van der Waals surface area contributed by atoms with Crippen molar-refractivity contribution >= 4 is 29.1 Å². The summed E-state index contributed by atoms with van der Waals surface area (Å²) in [6.07, 6.45) is 0. The van der Waals surface area contributed by atoms with Crippen LogP contribution in [0.25, 0.3) is 0 Å². The summed E-state index contributed by atoms with van der Waals surface area (Å²) in [5.74, 6) is 0. The van der Waals surface area contributed by atoms with E-state index < -0.39 is 0 Å². The molecule has 98 valence electrons. The predicted octanol–water partition coefficient (Wildman–Crippen LogP) is 2.82. The molecular weight excluding hydrogens is 266 g/mol. The first-order valence-electron chi connectivity index (χ1n) is 6.34.